The molecule has 0 fully saturated rings. The molecule has 5 heteroatoms. The summed E-state index contributed by atoms with van der Waals surface area (Å²) in [7, 11) is 0. The van der Waals surface area contributed by atoms with E-state index in [1.807, 2.05) is 12.1 Å². The van der Waals surface area contributed by atoms with Crippen molar-refractivity contribution in [2.24, 2.45) is 5.92 Å². The maximum atomic E-state index is 11.6. The first kappa shape index (κ1) is 17.1. The third-order valence-electron chi connectivity index (χ3n) is 2.79. The van der Waals surface area contributed by atoms with Crippen molar-refractivity contribution < 1.29 is 9.53 Å². The van der Waals surface area contributed by atoms with Gasteiger partial charge >= 0.3 is 0 Å². The number of carbonyl (C=O) groups excluding carboxylic acids is 1. The molecule has 0 heterocycles. The van der Waals surface area contributed by atoms with Crippen LogP contribution in [0.2, 0.25) is 0 Å². The Bertz CT molecular complexity index is 447. The molecule has 0 bridgehead atoms. The second kappa shape index (κ2) is 9.10. The summed E-state index contributed by atoms with van der Waals surface area (Å²) < 4.78 is 5.57. The van der Waals surface area contributed by atoms with Gasteiger partial charge in [0.15, 0.2) is 0 Å². The summed E-state index contributed by atoms with van der Waals surface area (Å²) in [4.78, 5) is 11.6. The number of nitrogens with two attached hydrogens (primary N) is 1. The van der Waals surface area contributed by atoms with Gasteiger partial charge in [-0.05, 0) is 18.4 Å². The second-order valence-corrected chi connectivity index (χ2v) is 5.51. The van der Waals surface area contributed by atoms with Crippen LogP contribution in [0.15, 0.2) is 18.2 Å². The second-order valence-electron chi connectivity index (χ2n) is 5.51. The van der Waals surface area contributed by atoms with Gasteiger partial charge in [0.2, 0.25) is 5.91 Å². The zero-order chi connectivity index (χ0) is 15.7. The van der Waals surface area contributed by atoms with E-state index in [9.17, 15) is 4.79 Å². The molecule has 0 aliphatic heterocycles. The van der Waals surface area contributed by atoms with Gasteiger partial charge in [-0.1, -0.05) is 20.8 Å². The minimum absolute atomic E-state index is 0.0579. The van der Waals surface area contributed by atoms with Crippen LogP contribution in [0.1, 0.15) is 33.6 Å². The predicted molar refractivity (Wildman–Crippen MR) is 87.6 cm³/mol. The van der Waals surface area contributed by atoms with E-state index >= 15 is 0 Å². The first-order valence-electron chi connectivity index (χ1n) is 7.55. The van der Waals surface area contributed by atoms with Gasteiger partial charge in [0, 0.05) is 43.0 Å². The topological polar surface area (TPSA) is 76.4 Å². The lowest BCUT2D eigenvalue weighted by Crippen LogP contribution is -2.28. The zero-order valence-electron chi connectivity index (χ0n) is 13.2. The van der Waals surface area contributed by atoms with E-state index in [0.29, 0.717) is 37.7 Å². The number of nitrogens with one attached hydrogen (secondary N) is 2. The Morgan fingerprint density at radius 2 is 2.10 bits per heavy atom. The molecule has 0 aromatic heterocycles. The zero-order valence-corrected chi connectivity index (χ0v) is 13.2. The lowest BCUT2D eigenvalue weighted by Gasteiger charge is -2.11. The van der Waals surface area contributed by atoms with Crippen molar-refractivity contribution in [2.45, 2.75) is 33.6 Å². The summed E-state index contributed by atoms with van der Waals surface area (Å²) in [6.07, 6.45) is 1.39. The third kappa shape index (κ3) is 7.44. The number of carbonyl (C=O) groups is 1. The number of hydrogen-bond donors (Lipinski definition) is 3. The molecular formula is C16H27N3O2. The average molecular weight is 293 g/mol. The maximum Gasteiger partial charge on any atom is 0.221 e. The largest absolute Gasteiger partial charge is 0.493 e. The van der Waals surface area contributed by atoms with Crippen molar-refractivity contribution in [1.82, 2.24) is 5.32 Å². The van der Waals surface area contributed by atoms with Gasteiger partial charge in [-0.15, -0.1) is 0 Å². The van der Waals surface area contributed by atoms with Crippen molar-refractivity contribution in [1.29, 1.82) is 0 Å². The first-order valence-corrected chi connectivity index (χ1v) is 7.55. The molecule has 0 aliphatic carbocycles. The number of anilines is 2. The van der Waals surface area contributed by atoms with E-state index < -0.39 is 0 Å². The average Bonchev–Trinajstić information content (AvgIpc) is 2.42. The Morgan fingerprint density at radius 1 is 1.33 bits per heavy atom. The molecule has 21 heavy (non-hydrogen) atoms. The van der Waals surface area contributed by atoms with Crippen LogP contribution < -0.4 is 21.1 Å². The van der Waals surface area contributed by atoms with Gasteiger partial charge in [0.25, 0.3) is 0 Å². The molecule has 1 rings (SSSR count). The molecule has 0 saturated carbocycles. The Kier molecular flexibility index (Phi) is 7.43. The van der Waals surface area contributed by atoms with Gasteiger partial charge in [0.1, 0.15) is 5.75 Å². The molecule has 1 aromatic rings. The fraction of sp³-hybridized carbons (Fsp3) is 0.562. The number of hydrogen-bond acceptors (Lipinski definition) is 4. The number of benzene rings is 1. The van der Waals surface area contributed by atoms with Gasteiger partial charge < -0.3 is 21.1 Å². The Balaban J connectivity index is 2.40. The third-order valence-corrected chi connectivity index (χ3v) is 2.79. The highest BCUT2D eigenvalue weighted by molar-refractivity contribution is 5.76. The number of ether oxygens (including phenoxy) is 1. The predicted octanol–water partition coefficient (Wildman–Crippen LogP) is 2.63. The molecule has 1 aromatic carbocycles. The van der Waals surface area contributed by atoms with E-state index in [1.54, 1.807) is 6.07 Å². The highest BCUT2D eigenvalue weighted by atomic mass is 16.5. The SMILES string of the molecule is CCCOc1cc(N)cc(NCCC(=O)NCC(C)C)c1. The molecule has 0 aliphatic rings. The van der Waals surface area contributed by atoms with Crippen molar-refractivity contribution in [2.75, 3.05) is 30.7 Å². The quantitative estimate of drug-likeness (QED) is 0.612. The Morgan fingerprint density at radius 3 is 2.76 bits per heavy atom. The van der Waals surface area contributed by atoms with Crippen LogP contribution in [0, 0.1) is 5.92 Å². The molecule has 0 atom stereocenters. The molecule has 0 spiro atoms. The van der Waals surface area contributed by atoms with Crippen LogP contribution in [0.3, 0.4) is 0 Å². The van der Waals surface area contributed by atoms with E-state index in [4.69, 9.17) is 10.5 Å². The number of amides is 1. The minimum Gasteiger partial charge on any atom is -0.493 e. The van der Waals surface area contributed by atoms with Crippen LogP contribution in [-0.4, -0.2) is 25.6 Å². The fourth-order valence-electron chi connectivity index (χ4n) is 1.75. The number of nitrogen functional groups attached to an aromatic ring is 1. The van der Waals surface area contributed by atoms with E-state index in [0.717, 1.165) is 17.9 Å². The van der Waals surface area contributed by atoms with Crippen LogP contribution in [-0.2, 0) is 4.79 Å². The summed E-state index contributed by atoms with van der Waals surface area (Å²) in [5, 5.41) is 6.09. The smallest absolute Gasteiger partial charge is 0.221 e. The Hall–Kier alpha value is -1.91. The summed E-state index contributed by atoms with van der Waals surface area (Å²) >= 11 is 0. The van der Waals surface area contributed by atoms with Crippen LogP contribution in [0.25, 0.3) is 0 Å². The van der Waals surface area contributed by atoms with Crippen LogP contribution in [0.5, 0.6) is 5.75 Å². The molecule has 118 valence electrons. The maximum absolute atomic E-state index is 11.6. The van der Waals surface area contributed by atoms with Crippen molar-refractivity contribution in [3.05, 3.63) is 18.2 Å². The lowest BCUT2D eigenvalue weighted by molar-refractivity contribution is -0.120. The van der Waals surface area contributed by atoms with Crippen molar-refractivity contribution in [3.63, 3.8) is 0 Å². The minimum atomic E-state index is 0.0579. The van der Waals surface area contributed by atoms with E-state index in [-0.39, 0.29) is 5.91 Å². The number of rotatable bonds is 9. The fourth-order valence-corrected chi connectivity index (χ4v) is 1.75. The normalized spacial score (nSPS) is 10.5. The van der Waals surface area contributed by atoms with Gasteiger partial charge in [0.05, 0.1) is 6.61 Å². The first-order chi connectivity index (χ1) is 10.0. The molecule has 5 nitrogen and oxygen atoms in total. The highest BCUT2D eigenvalue weighted by Crippen LogP contribution is 2.22. The van der Waals surface area contributed by atoms with E-state index in [2.05, 4.69) is 31.4 Å². The monoisotopic (exact) mass is 293 g/mol. The highest BCUT2D eigenvalue weighted by Gasteiger charge is 2.03. The summed E-state index contributed by atoms with van der Waals surface area (Å²) in [6, 6.07) is 5.54. The van der Waals surface area contributed by atoms with E-state index in [1.165, 1.54) is 0 Å². The molecule has 0 saturated heterocycles. The molecule has 0 radical (unpaired) electrons. The van der Waals surface area contributed by atoms with Crippen molar-refractivity contribution in [3.8, 4) is 5.75 Å². The summed E-state index contributed by atoms with van der Waals surface area (Å²) in [5.74, 6) is 1.28. The molecule has 1 amide bonds. The van der Waals surface area contributed by atoms with Crippen LogP contribution in [0.4, 0.5) is 11.4 Å². The lowest BCUT2D eigenvalue weighted by atomic mass is 10.2. The molecule has 4 N–H and O–H groups in total. The molecule has 0 unspecified atom stereocenters. The molecular weight excluding hydrogens is 266 g/mol. The van der Waals surface area contributed by atoms with Gasteiger partial charge in [-0.25, -0.2) is 0 Å². The van der Waals surface area contributed by atoms with Crippen LogP contribution >= 0.6 is 0 Å². The van der Waals surface area contributed by atoms with Gasteiger partial charge in [-0.2, -0.15) is 0 Å². The van der Waals surface area contributed by atoms with Gasteiger partial charge in [-0.3, -0.25) is 4.79 Å². The standard InChI is InChI=1S/C16H27N3O2/c1-4-7-21-15-9-13(17)8-14(10-15)18-6-5-16(20)19-11-12(2)3/h8-10,12,18H,4-7,11,17H2,1-3H3,(H,19,20). The van der Waals surface area contributed by atoms with Crippen molar-refractivity contribution >= 4 is 17.3 Å². The summed E-state index contributed by atoms with van der Waals surface area (Å²) in [5.41, 5.74) is 7.37. The summed E-state index contributed by atoms with van der Waals surface area (Å²) in [6.45, 7) is 8.15. The Labute approximate surface area is 127 Å².